The van der Waals surface area contributed by atoms with Crippen LogP contribution < -0.4 is 20.9 Å². The number of carbonyl (C=O) groups excluding carboxylic acids is 3. The van der Waals surface area contributed by atoms with Crippen LogP contribution in [0, 0.1) is 0 Å². The number of rotatable bonds is 6. The Balaban J connectivity index is 1.67. The average Bonchev–Trinajstić information content (AvgIpc) is 2.67. The van der Waals surface area contributed by atoms with E-state index in [9.17, 15) is 14.4 Å². The van der Waals surface area contributed by atoms with E-state index in [1.807, 2.05) is 56.3 Å². The van der Waals surface area contributed by atoms with Gasteiger partial charge in [0.15, 0.2) is 0 Å². The molecule has 2 aromatic rings. The highest BCUT2D eigenvalue weighted by molar-refractivity contribution is 6.14. The van der Waals surface area contributed by atoms with Crippen LogP contribution in [0.2, 0.25) is 0 Å². The first-order valence-corrected chi connectivity index (χ1v) is 10.0. The van der Waals surface area contributed by atoms with Crippen LogP contribution in [0.5, 0.6) is 0 Å². The third kappa shape index (κ3) is 4.62. The quantitative estimate of drug-likeness (QED) is 0.686. The fraction of sp³-hybridized carbons (Fsp3) is 0.348. The smallest absolute Gasteiger partial charge is 0.250 e. The number of para-hydroxylation sites is 2. The van der Waals surface area contributed by atoms with Gasteiger partial charge in [0.25, 0.3) is 0 Å². The highest BCUT2D eigenvalue weighted by Crippen LogP contribution is 2.36. The molecule has 0 aromatic heterocycles. The van der Waals surface area contributed by atoms with Crippen molar-refractivity contribution < 1.29 is 14.4 Å². The van der Waals surface area contributed by atoms with Gasteiger partial charge in [-0.3, -0.25) is 19.3 Å². The van der Waals surface area contributed by atoms with Crippen molar-refractivity contribution in [3.8, 4) is 0 Å². The Bertz CT molecular complexity index is 951. The molecule has 0 unspecified atom stereocenters. The zero-order chi connectivity index (χ0) is 21.9. The van der Waals surface area contributed by atoms with E-state index in [1.54, 1.807) is 24.8 Å². The van der Waals surface area contributed by atoms with Crippen LogP contribution >= 0.6 is 0 Å². The molecule has 0 radical (unpaired) electrons. The molecule has 158 valence electrons. The largest absolute Gasteiger partial charge is 0.376 e. The topological polar surface area (TPSA) is 90.5 Å². The van der Waals surface area contributed by atoms with Gasteiger partial charge >= 0.3 is 0 Å². The van der Waals surface area contributed by atoms with E-state index in [1.165, 1.54) is 0 Å². The summed E-state index contributed by atoms with van der Waals surface area (Å²) in [5.41, 5.74) is 1.97. The molecule has 1 aliphatic heterocycles. The summed E-state index contributed by atoms with van der Waals surface area (Å²) in [5.74, 6) is -0.452. The third-order valence-corrected chi connectivity index (χ3v) is 4.97. The summed E-state index contributed by atoms with van der Waals surface area (Å²) in [5, 5.41) is 8.84. The summed E-state index contributed by atoms with van der Waals surface area (Å²) in [6.07, 6.45) is 0.311. The number of carbonyl (C=O) groups is 3. The minimum absolute atomic E-state index is 0.0230. The molecule has 1 aliphatic rings. The van der Waals surface area contributed by atoms with E-state index in [0.717, 1.165) is 11.3 Å². The number of anilines is 3. The van der Waals surface area contributed by atoms with Gasteiger partial charge in [0, 0.05) is 11.7 Å². The zero-order valence-electron chi connectivity index (χ0n) is 17.8. The highest BCUT2D eigenvalue weighted by Gasteiger charge is 2.43. The van der Waals surface area contributed by atoms with Crippen molar-refractivity contribution in [2.75, 3.05) is 22.1 Å². The summed E-state index contributed by atoms with van der Waals surface area (Å²) < 4.78 is 0. The van der Waals surface area contributed by atoms with Crippen LogP contribution in [0.4, 0.5) is 17.1 Å². The lowest BCUT2D eigenvalue weighted by Gasteiger charge is -2.42. The lowest BCUT2D eigenvalue weighted by molar-refractivity contribution is -0.125. The molecule has 0 aliphatic carbocycles. The molecular weight excluding hydrogens is 380 g/mol. The fourth-order valence-corrected chi connectivity index (χ4v) is 3.45. The minimum atomic E-state index is -0.999. The van der Waals surface area contributed by atoms with Gasteiger partial charge in [0.1, 0.15) is 5.54 Å². The maximum atomic E-state index is 13.0. The zero-order valence-corrected chi connectivity index (χ0v) is 17.8. The first kappa shape index (κ1) is 21.4. The van der Waals surface area contributed by atoms with Crippen LogP contribution in [0.15, 0.2) is 48.5 Å². The molecule has 30 heavy (non-hydrogen) atoms. The van der Waals surface area contributed by atoms with Gasteiger partial charge in [0.2, 0.25) is 17.7 Å². The summed E-state index contributed by atoms with van der Waals surface area (Å²) in [4.78, 5) is 39.0. The van der Waals surface area contributed by atoms with Crippen LogP contribution in [0.1, 0.15) is 33.3 Å². The molecule has 3 rings (SSSR count). The van der Waals surface area contributed by atoms with Crippen molar-refractivity contribution in [2.45, 2.75) is 45.7 Å². The van der Waals surface area contributed by atoms with E-state index < -0.39 is 5.54 Å². The normalized spacial score (nSPS) is 14.7. The van der Waals surface area contributed by atoms with Crippen LogP contribution in [-0.2, 0) is 20.8 Å². The van der Waals surface area contributed by atoms with Gasteiger partial charge in [-0.05, 0) is 57.5 Å². The predicted octanol–water partition coefficient (Wildman–Crippen LogP) is 2.93. The van der Waals surface area contributed by atoms with Gasteiger partial charge in [-0.25, -0.2) is 0 Å². The van der Waals surface area contributed by atoms with Crippen molar-refractivity contribution in [1.29, 1.82) is 0 Å². The standard InChI is InChI=1S/C23H28N4O3/c1-15(2)25-20(28)13-16-9-11-17(12-10-16)24-14-21(29)27-19-8-6-5-7-18(19)26-22(30)23(27,3)4/h5-12,15,24H,13-14H2,1-4H3,(H,25,28)(H,26,30). The molecule has 0 spiro atoms. The Morgan fingerprint density at radius 1 is 1.07 bits per heavy atom. The van der Waals surface area contributed by atoms with Crippen LogP contribution in [0.25, 0.3) is 0 Å². The second kappa shape index (κ2) is 8.57. The second-order valence-corrected chi connectivity index (χ2v) is 8.21. The van der Waals surface area contributed by atoms with Crippen molar-refractivity contribution in [1.82, 2.24) is 5.32 Å². The molecule has 0 bridgehead atoms. The van der Waals surface area contributed by atoms with Gasteiger partial charge in [-0.1, -0.05) is 24.3 Å². The van der Waals surface area contributed by atoms with Crippen molar-refractivity contribution in [3.63, 3.8) is 0 Å². The molecule has 3 N–H and O–H groups in total. The maximum absolute atomic E-state index is 13.0. The third-order valence-electron chi connectivity index (χ3n) is 4.97. The van der Waals surface area contributed by atoms with Gasteiger partial charge in [0.05, 0.1) is 24.3 Å². The second-order valence-electron chi connectivity index (χ2n) is 8.21. The number of nitrogens with zero attached hydrogens (tertiary/aromatic N) is 1. The molecular formula is C23H28N4O3. The molecule has 3 amide bonds. The predicted molar refractivity (Wildman–Crippen MR) is 119 cm³/mol. The van der Waals surface area contributed by atoms with Crippen molar-refractivity contribution >= 4 is 34.8 Å². The molecule has 2 aromatic carbocycles. The summed E-state index contributed by atoms with van der Waals surface area (Å²) in [6.45, 7) is 7.35. The lowest BCUT2D eigenvalue weighted by atomic mass is 9.96. The van der Waals surface area contributed by atoms with Gasteiger partial charge in [-0.15, -0.1) is 0 Å². The van der Waals surface area contributed by atoms with E-state index in [0.29, 0.717) is 17.8 Å². The van der Waals surface area contributed by atoms with Crippen LogP contribution in [0.3, 0.4) is 0 Å². The summed E-state index contributed by atoms with van der Waals surface area (Å²) in [7, 11) is 0. The molecule has 0 atom stereocenters. The lowest BCUT2D eigenvalue weighted by Crippen LogP contribution is -2.59. The SMILES string of the molecule is CC(C)NC(=O)Cc1ccc(NCC(=O)N2c3ccccc3NC(=O)C2(C)C)cc1. The molecule has 0 saturated carbocycles. The Hall–Kier alpha value is -3.35. The van der Waals surface area contributed by atoms with E-state index in [4.69, 9.17) is 0 Å². The Morgan fingerprint density at radius 3 is 2.40 bits per heavy atom. The van der Waals surface area contributed by atoms with E-state index in [-0.39, 0.29) is 30.3 Å². The first-order valence-electron chi connectivity index (χ1n) is 10.0. The molecule has 7 nitrogen and oxygen atoms in total. The number of amides is 3. The molecule has 1 heterocycles. The summed E-state index contributed by atoms with van der Waals surface area (Å²) >= 11 is 0. The number of hydrogen-bond acceptors (Lipinski definition) is 4. The maximum Gasteiger partial charge on any atom is 0.250 e. The molecule has 0 saturated heterocycles. The van der Waals surface area contributed by atoms with E-state index >= 15 is 0 Å². The molecule has 0 fully saturated rings. The van der Waals surface area contributed by atoms with Crippen molar-refractivity contribution in [3.05, 3.63) is 54.1 Å². The van der Waals surface area contributed by atoms with Crippen molar-refractivity contribution in [2.24, 2.45) is 0 Å². The van der Waals surface area contributed by atoms with Gasteiger partial charge in [-0.2, -0.15) is 0 Å². The minimum Gasteiger partial charge on any atom is -0.376 e. The Kier molecular flexibility index (Phi) is 6.10. The number of nitrogens with one attached hydrogen (secondary N) is 3. The number of fused-ring (bicyclic) bond motifs is 1. The highest BCUT2D eigenvalue weighted by atomic mass is 16.2. The molecule has 7 heteroatoms. The van der Waals surface area contributed by atoms with E-state index in [2.05, 4.69) is 16.0 Å². The Labute approximate surface area is 176 Å². The summed E-state index contributed by atoms with van der Waals surface area (Å²) in [6, 6.07) is 14.8. The Morgan fingerprint density at radius 2 is 1.73 bits per heavy atom. The average molecular weight is 409 g/mol. The number of benzene rings is 2. The monoisotopic (exact) mass is 408 g/mol. The van der Waals surface area contributed by atoms with Crippen LogP contribution in [-0.4, -0.2) is 35.8 Å². The first-order chi connectivity index (χ1) is 14.2. The number of hydrogen-bond donors (Lipinski definition) is 3. The fourth-order valence-electron chi connectivity index (χ4n) is 3.45. The van der Waals surface area contributed by atoms with Gasteiger partial charge < -0.3 is 16.0 Å².